The van der Waals surface area contributed by atoms with Gasteiger partial charge in [-0.1, -0.05) is 54.1 Å². The summed E-state index contributed by atoms with van der Waals surface area (Å²) in [6.45, 7) is 2.00. The van der Waals surface area contributed by atoms with Gasteiger partial charge in [-0.05, 0) is 30.2 Å². The van der Waals surface area contributed by atoms with E-state index in [0.717, 1.165) is 11.1 Å². The average Bonchev–Trinajstić information content (AvgIpc) is 2.65. The van der Waals surface area contributed by atoms with Gasteiger partial charge in [-0.3, -0.25) is 4.90 Å². The van der Waals surface area contributed by atoms with Crippen molar-refractivity contribution in [1.82, 2.24) is 10.2 Å². The number of esters is 1. The van der Waals surface area contributed by atoms with Crippen LogP contribution in [0, 0.1) is 0 Å². The molecule has 3 rings (SSSR count). The number of hydrogen-bond donors (Lipinski definition) is 1. The van der Waals surface area contributed by atoms with E-state index in [2.05, 4.69) is 5.32 Å². The summed E-state index contributed by atoms with van der Waals surface area (Å²) in [4.78, 5) is 26.8. The summed E-state index contributed by atoms with van der Waals surface area (Å²) in [5.41, 5.74) is 2.45. The van der Waals surface area contributed by atoms with Gasteiger partial charge in [0.15, 0.2) is 0 Å². The second kappa shape index (κ2) is 7.62. The minimum atomic E-state index is -0.620. The minimum absolute atomic E-state index is 0.245. The molecule has 26 heavy (non-hydrogen) atoms. The van der Waals surface area contributed by atoms with Crippen molar-refractivity contribution in [3.63, 3.8) is 0 Å². The summed E-state index contributed by atoms with van der Waals surface area (Å²) in [6.07, 6.45) is 0. The minimum Gasteiger partial charge on any atom is -0.463 e. The van der Waals surface area contributed by atoms with Crippen molar-refractivity contribution < 1.29 is 14.3 Å². The highest BCUT2D eigenvalue weighted by atomic mass is 35.5. The number of carbonyl (C=O) groups is 2. The second-order valence-corrected chi connectivity index (χ2v) is 6.28. The maximum Gasteiger partial charge on any atom is 0.338 e. The van der Waals surface area contributed by atoms with Crippen LogP contribution in [0.3, 0.4) is 0 Å². The molecule has 5 nitrogen and oxygen atoms in total. The molecule has 0 spiro atoms. The lowest BCUT2D eigenvalue weighted by Gasteiger charge is -2.34. The van der Waals surface area contributed by atoms with Crippen molar-refractivity contribution in [2.45, 2.75) is 13.0 Å². The number of rotatable bonds is 4. The summed E-state index contributed by atoms with van der Waals surface area (Å²) in [7, 11) is 1.63. The number of halogens is 1. The lowest BCUT2D eigenvalue weighted by molar-refractivity contribution is -0.138. The molecule has 134 valence electrons. The molecule has 1 N–H and O–H groups in total. The molecule has 6 heteroatoms. The van der Waals surface area contributed by atoms with Crippen molar-refractivity contribution in [1.29, 1.82) is 0 Å². The van der Waals surface area contributed by atoms with E-state index < -0.39 is 12.0 Å². The van der Waals surface area contributed by atoms with Crippen molar-refractivity contribution >= 4 is 29.3 Å². The zero-order chi connectivity index (χ0) is 18.7. The van der Waals surface area contributed by atoms with Gasteiger partial charge in [-0.15, -0.1) is 0 Å². The first kappa shape index (κ1) is 18.0. The molecule has 0 aliphatic carbocycles. The first-order valence-corrected chi connectivity index (χ1v) is 8.67. The Morgan fingerprint density at radius 2 is 1.81 bits per heavy atom. The van der Waals surface area contributed by atoms with Gasteiger partial charge in [0.1, 0.15) is 0 Å². The van der Waals surface area contributed by atoms with Crippen molar-refractivity contribution in [3.05, 3.63) is 76.3 Å². The van der Waals surface area contributed by atoms with Crippen LogP contribution < -0.4 is 5.32 Å². The summed E-state index contributed by atoms with van der Waals surface area (Å²) in [6, 6.07) is 15.5. The second-order valence-electron chi connectivity index (χ2n) is 5.84. The monoisotopic (exact) mass is 370 g/mol. The van der Waals surface area contributed by atoms with Crippen molar-refractivity contribution in [2.75, 3.05) is 13.7 Å². The molecule has 2 amide bonds. The maximum atomic E-state index is 12.8. The van der Waals surface area contributed by atoms with Gasteiger partial charge in [-0.25, -0.2) is 9.59 Å². The number of urea groups is 1. The third-order valence-corrected chi connectivity index (χ3v) is 4.45. The van der Waals surface area contributed by atoms with E-state index >= 15 is 0 Å². The molecule has 2 aromatic rings. The Morgan fingerprint density at radius 1 is 1.15 bits per heavy atom. The molecule has 0 aromatic heterocycles. The molecule has 0 radical (unpaired) electrons. The molecule has 2 aromatic carbocycles. The lowest BCUT2D eigenvalue weighted by atomic mass is 9.92. The number of nitrogens with one attached hydrogen (secondary N) is 1. The van der Waals surface area contributed by atoms with Gasteiger partial charge in [0, 0.05) is 12.1 Å². The summed E-state index contributed by atoms with van der Waals surface area (Å²) in [5, 5.41) is 3.46. The SMILES string of the molecule is CCOC(=O)C1=C(c2ccccc2)N(C)C(=O)NC1c1ccc(Cl)cc1. The zero-order valence-electron chi connectivity index (χ0n) is 14.5. The molecule has 0 saturated heterocycles. The lowest BCUT2D eigenvalue weighted by Crippen LogP contribution is -2.46. The number of hydrogen-bond acceptors (Lipinski definition) is 3. The smallest absolute Gasteiger partial charge is 0.338 e. The zero-order valence-corrected chi connectivity index (χ0v) is 15.3. The Kier molecular flexibility index (Phi) is 5.28. The first-order valence-electron chi connectivity index (χ1n) is 8.29. The Hall–Kier alpha value is -2.79. The Bertz CT molecular complexity index is 847. The largest absolute Gasteiger partial charge is 0.463 e. The van der Waals surface area contributed by atoms with Crippen LogP contribution in [0.1, 0.15) is 24.1 Å². The molecule has 0 bridgehead atoms. The molecule has 0 fully saturated rings. The van der Waals surface area contributed by atoms with Gasteiger partial charge in [0.25, 0.3) is 0 Å². The highest BCUT2D eigenvalue weighted by Gasteiger charge is 2.37. The van der Waals surface area contributed by atoms with Gasteiger partial charge >= 0.3 is 12.0 Å². The number of amides is 2. The Labute approximate surface area is 157 Å². The van der Waals surface area contributed by atoms with Crippen LogP contribution in [0.4, 0.5) is 4.79 Å². The van der Waals surface area contributed by atoms with Crippen molar-refractivity contribution in [2.24, 2.45) is 0 Å². The van der Waals surface area contributed by atoms with E-state index in [1.165, 1.54) is 4.90 Å². The van der Waals surface area contributed by atoms with Crippen LogP contribution >= 0.6 is 11.6 Å². The third kappa shape index (κ3) is 3.44. The Morgan fingerprint density at radius 3 is 2.42 bits per heavy atom. The van der Waals surface area contributed by atoms with E-state index in [-0.39, 0.29) is 12.6 Å². The standard InChI is InChI=1S/C20H19ClN2O3/c1-3-26-19(24)16-17(13-9-11-15(21)12-10-13)22-20(25)23(2)18(16)14-7-5-4-6-8-14/h4-12,17H,3H2,1-2H3,(H,22,25). The number of benzene rings is 2. The van der Waals surface area contributed by atoms with E-state index in [1.54, 1.807) is 38.2 Å². The van der Waals surface area contributed by atoms with E-state index in [0.29, 0.717) is 16.3 Å². The quantitative estimate of drug-likeness (QED) is 0.827. The normalized spacial score (nSPS) is 17.1. The molecular formula is C20H19ClN2O3. The molecule has 0 saturated carbocycles. The number of carbonyl (C=O) groups excluding carboxylic acids is 2. The highest BCUT2D eigenvalue weighted by Crippen LogP contribution is 2.36. The molecule has 1 heterocycles. The highest BCUT2D eigenvalue weighted by molar-refractivity contribution is 6.30. The summed E-state index contributed by atoms with van der Waals surface area (Å²) in [5.74, 6) is -0.460. The topological polar surface area (TPSA) is 58.6 Å². The van der Waals surface area contributed by atoms with E-state index in [1.807, 2.05) is 30.3 Å². The van der Waals surface area contributed by atoms with Crippen LogP contribution in [0.15, 0.2) is 60.2 Å². The predicted molar refractivity (Wildman–Crippen MR) is 100 cm³/mol. The fraction of sp³-hybridized carbons (Fsp3) is 0.200. The third-order valence-electron chi connectivity index (χ3n) is 4.20. The van der Waals surface area contributed by atoms with Crippen LogP contribution in [0.5, 0.6) is 0 Å². The Balaban J connectivity index is 2.22. The maximum absolute atomic E-state index is 12.8. The van der Waals surface area contributed by atoms with Gasteiger partial charge in [0.05, 0.1) is 23.9 Å². The van der Waals surface area contributed by atoms with Crippen LogP contribution in [-0.2, 0) is 9.53 Å². The van der Waals surface area contributed by atoms with Gasteiger partial charge < -0.3 is 10.1 Å². The number of nitrogens with zero attached hydrogens (tertiary/aromatic N) is 1. The fourth-order valence-corrected chi connectivity index (χ4v) is 3.11. The first-order chi connectivity index (χ1) is 12.5. The molecule has 1 aliphatic heterocycles. The van der Waals surface area contributed by atoms with Gasteiger partial charge in [-0.2, -0.15) is 0 Å². The average molecular weight is 371 g/mol. The van der Waals surface area contributed by atoms with E-state index in [4.69, 9.17) is 16.3 Å². The van der Waals surface area contributed by atoms with Crippen LogP contribution in [0.25, 0.3) is 5.70 Å². The van der Waals surface area contributed by atoms with Crippen LogP contribution in [0.2, 0.25) is 5.02 Å². The fourth-order valence-electron chi connectivity index (χ4n) is 2.99. The molecular weight excluding hydrogens is 352 g/mol. The summed E-state index contributed by atoms with van der Waals surface area (Å²) >= 11 is 5.98. The molecule has 1 unspecified atom stereocenters. The predicted octanol–water partition coefficient (Wildman–Crippen LogP) is 4.01. The molecule has 1 atom stereocenters. The number of ether oxygens (including phenoxy) is 1. The van der Waals surface area contributed by atoms with Gasteiger partial charge in [0.2, 0.25) is 0 Å². The van der Waals surface area contributed by atoms with E-state index in [9.17, 15) is 9.59 Å². The van der Waals surface area contributed by atoms with Crippen molar-refractivity contribution in [3.8, 4) is 0 Å². The molecule has 1 aliphatic rings. The van der Waals surface area contributed by atoms with Crippen LogP contribution in [-0.4, -0.2) is 30.6 Å². The summed E-state index contributed by atoms with van der Waals surface area (Å²) < 4.78 is 5.29.